The molecular formula is C33H22N2+2. The minimum absolute atomic E-state index is 0.890. The van der Waals surface area contributed by atoms with Crippen molar-refractivity contribution in [2.45, 2.75) is 6.42 Å². The zero-order valence-corrected chi connectivity index (χ0v) is 19.1. The molecule has 35 heavy (non-hydrogen) atoms. The fraction of sp³-hybridized carbons (Fsp3) is 0.0303. The summed E-state index contributed by atoms with van der Waals surface area (Å²) in [7, 11) is 0. The van der Waals surface area contributed by atoms with Gasteiger partial charge in [0.25, 0.3) is 11.4 Å². The van der Waals surface area contributed by atoms with E-state index in [-0.39, 0.29) is 0 Å². The lowest BCUT2D eigenvalue weighted by atomic mass is 9.92. The maximum Gasteiger partial charge on any atom is 0.287 e. The molecule has 0 spiro atoms. The largest absolute Gasteiger partial charge is 0.287 e. The highest BCUT2D eigenvalue weighted by molar-refractivity contribution is 6.10. The predicted octanol–water partition coefficient (Wildman–Crippen LogP) is 6.65. The number of allylic oxidation sites excluding steroid dienone is 1. The lowest BCUT2D eigenvalue weighted by molar-refractivity contribution is -0.597. The molecule has 2 aliphatic rings. The number of rotatable bonds is 0. The first-order chi connectivity index (χ1) is 17.4. The third kappa shape index (κ3) is 2.59. The number of benzene rings is 4. The molecule has 0 radical (unpaired) electrons. The summed E-state index contributed by atoms with van der Waals surface area (Å²) in [6, 6.07) is 39.8. The van der Waals surface area contributed by atoms with E-state index in [1.165, 1.54) is 66.6 Å². The Kier molecular flexibility index (Phi) is 3.75. The van der Waals surface area contributed by atoms with Crippen LogP contribution in [0.3, 0.4) is 0 Å². The number of hydrogen-bond donors (Lipinski definition) is 0. The molecular weight excluding hydrogens is 424 g/mol. The van der Waals surface area contributed by atoms with Crippen molar-refractivity contribution in [3.05, 3.63) is 133 Å². The van der Waals surface area contributed by atoms with Crippen molar-refractivity contribution < 1.29 is 9.13 Å². The second-order valence-electron chi connectivity index (χ2n) is 9.45. The van der Waals surface area contributed by atoms with Crippen molar-refractivity contribution in [1.82, 2.24) is 0 Å². The van der Waals surface area contributed by atoms with Gasteiger partial charge in [-0.3, -0.25) is 0 Å². The first-order valence-electron chi connectivity index (χ1n) is 12.2. The number of pyridine rings is 2. The van der Waals surface area contributed by atoms with E-state index in [9.17, 15) is 0 Å². The van der Waals surface area contributed by atoms with Crippen molar-refractivity contribution in [2.75, 3.05) is 0 Å². The molecule has 0 saturated carbocycles. The van der Waals surface area contributed by atoms with Crippen LogP contribution in [0.1, 0.15) is 11.1 Å². The van der Waals surface area contributed by atoms with Gasteiger partial charge in [0.1, 0.15) is 0 Å². The van der Waals surface area contributed by atoms with Crippen LogP contribution in [-0.2, 0) is 6.42 Å². The molecule has 0 amide bonds. The van der Waals surface area contributed by atoms with E-state index in [0.29, 0.717) is 0 Å². The van der Waals surface area contributed by atoms with E-state index in [4.69, 9.17) is 0 Å². The molecule has 0 N–H and O–H groups in total. The molecule has 6 aromatic rings. The van der Waals surface area contributed by atoms with Crippen LogP contribution in [-0.4, -0.2) is 0 Å². The molecule has 2 heteroatoms. The standard InChI is InChI=1S/C33H22N2/c1-3-11-25-22(9-1)15-16-24-19-28-29(21-27(24)25)33(35-18-8-6-14-31(28)35)32-20-23-10-2-4-12-26(23)30-13-5-7-17-34(30)32/h1-19,21H,20H2/q+2/b33-32+. The number of aromatic nitrogens is 2. The molecule has 2 nitrogen and oxygen atoms in total. The number of hydrogen-bond acceptors (Lipinski definition) is 0. The minimum atomic E-state index is 0.890. The fourth-order valence-corrected chi connectivity index (χ4v) is 6.03. The minimum Gasteiger partial charge on any atom is -0.158 e. The van der Waals surface area contributed by atoms with Crippen molar-refractivity contribution in [2.24, 2.45) is 0 Å². The van der Waals surface area contributed by atoms with Gasteiger partial charge in [-0.2, -0.15) is 9.13 Å². The summed E-state index contributed by atoms with van der Waals surface area (Å²) in [6.45, 7) is 0. The highest BCUT2D eigenvalue weighted by Crippen LogP contribution is 2.41. The van der Waals surface area contributed by atoms with Crippen LogP contribution in [0.15, 0.2) is 122 Å². The van der Waals surface area contributed by atoms with E-state index in [0.717, 1.165) is 6.42 Å². The molecule has 0 fully saturated rings. The Morgan fingerprint density at radius 1 is 0.486 bits per heavy atom. The van der Waals surface area contributed by atoms with E-state index < -0.39 is 0 Å². The summed E-state index contributed by atoms with van der Waals surface area (Å²) >= 11 is 0. The Morgan fingerprint density at radius 3 is 2.11 bits per heavy atom. The third-order valence-electron chi connectivity index (χ3n) is 7.59. The van der Waals surface area contributed by atoms with Crippen molar-refractivity contribution in [1.29, 1.82) is 0 Å². The molecule has 0 aliphatic carbocycles. The van der Waals surface area contributed by atoms with Crippen molar-refractivity contribution >= 4 is 32.9 Å². The Bertz CT molecular complexity index is 1880. The Labute approximate surface area is 203 Å². The summed E-state index contributed by atoms with van der Waals surface area (Å²) in [5, 5.41) is 5.18. The normalized spacial score (nSPS) is 15.5. The van der Waals surface area contributed by atoms with Crippen LogP contribution in [0.2, 0.25) is 0 Å². The van der Waals surface area contributed by atoms with Gasteiger partial charge in [-0.05, 0) is 57.4 Å². The maximum atomic E-state index is 2.42. The molecule has 162 valence electrons. The summed E-state index contributed by atoms with van der Waals surface area (Å²) in [5.74, 6) is 0. The average Bonchev–Trinajstić information content (AvgIpc) is 3.24. The van der Waals surface area contributed by atoms with Gasteiger partial charge in [-0.15, -0.1) is 0 Å². The zero-order chi connectivity index (χ0) is 22.9. The fourth-order valence-electron chi connectivity index (χ4n) is 6.03. The van der Waals surface area contributed by atoms with Gasteiger partial charge in [-0.1, -0.05) is 54.6 Å². The highest BCUT2D eigenvalue weighted by Gasteiger charge is 2.41. The van der Waals surface area contributed by atoms with Crippen LogP contribution in [0.5, 0.6) is 0 Å². The van der Waals surface area contributed by atoms with Gasteiger partial charge in [0.2, 0.25) is 11.4 Å². The molecule has 0 saturated heterocycles. The van der Waals surface area contributed by atoms with Gasteiger partial charge >= 0.3 is 0 Å². The molecule has 0 atom stereocenters. The summed E-state index contributed by atoms with van der Waals surface area (Å²) in [5.41, 5.74) is 10.4. The number of nitrogens with zero attached hydrogens (tertiary/aromatic N) is 2. The van der Waals surface area contributed by atoms with E-state index >= 15 is 0 Å². The molecule has 2 aliphatic heterocycles. The molecule has 0 bridgehead atoms. The predicted molar refractivity (Wildman–Crippen MR) is 141 cm³/mol. The molecule has 2 aromatic heterocycles. The van der Waals surface area contributed by atoms with Crippen LogP contribution >= 0.6 is 0 Å². The second kappa shape index (κ2) is 6.97. The molecule has 8 rings (SSSR count). The lowest BCUT2D eigenvalue weighted by Crippen LogP contribution is -2.43. The summed E-state index contributed by atoms with van der Waals surface area (Å²) in [4.78, 5) is 0. The van der Waals surface area contributed by atoms with E-state index in [1.54, 1.807) is 0 Å². The lowest BCUT2D eigenvalue weighted by Gasteiger charge is -2.16. The SMILES string of the molecule is c1ccc2c(c1)C/C(=C1/c3cc4c(ccc5ccccc54)cc3-c3cccc[n+]31)[n+]1ccccc1-2. The van der Waals surface area contributed by atoms with Crippen molar-refractivity contribution in [3.8, 4) is 22.5 Å². The number of fused-ring (bicyclic) bond motifs is 9. The van der Waals surface area contributed by atoms with Crippen molar-refractivity contribution in [3.63, 3.8) is 0 Å². The maximum absolute atomic E-state index is 2.42. The first-order valence-corrected chi connectivity index (χ1v) is 12.2. The van der Waals surface area contributed by atoms with Gasteiger partial charge in [0.05, 0.1) is 23.1 Å². The topological polar surface area (TPSA) is 7.76 Å². The Morgan fingerprint density at radius 2 is 1.20 bits per heavy atom. The zero-order valence-electron chi connectivity index (χ0n) is 19.1. The van der Waals surface area contributed by atoms with Crippen LogP contribution in [0, 0.1) is 0 Å². The molecule has 4 aromatic carbocycles. The smallest absolute Gasteiger partial charge is 0.158 e. The molecule has 0 unspecified atom stereocenters. The summed E-state index contributed by atoms with van der Waals surface area (Å²) < 4.78 is 4.78. The monoisotopic (exact) mass is 446 g/mol. The van der Waals surface area contributed by atoms with E-state index in [1.807, 2.05) is 0 Å². The van der Waals surface area contributed by atoms with E-state index in [2.05, 4.69) is 131 Å². The van der Waals surface area contributed by atoms with Crippen LogP contribution in [0.4, 0.5) is 0 Å². The van der Waals surface area contributed by atoms with Gasteiger partial charge in [-0.25, -0.2) is 0 Å². The van der Waals surface area contributed by atoms with Crippen LogP contribution < -0.4 is 9.13 Å². The van der Waals surface area contributed by atoms with Crippen LogP contribution in [0.25, 0.3) is 55.5 Å². The quantitative estimate of drug-likeness (QED) is 0.182. The Balaban J connectivity index is 1.51. The highest BCUT2D eigenvalue weighted by atomic mass is 15.1. The van der Waals surface area contributed by atoms with Gasteiger partial charge in [0, 0.05) is 24.3 Å². The van der Waals surface area contributed by atoms with Gasteiger partial charge in [0.15, 0.2) is 12.4 Å². The average molecular weight is 447 g/mol. The Hall–Kier alpha value is -4.56. The summed E-state index contributed by atoms with van der Waals surface area (Å²) in [6.07, 6.45) is 5.32. The van der Waals surface area contributed by atoms with Gasteiger partial charge < -0.3 is 0 Å². The first kappa shape index (κ1) is 18.8. The third-order valence-corrected chi connectivity index (χ3v) is 7.59. The molecule has 4 heterocycles. The second-order valence-corrected chi connectivity index (χ2v) is 9.45.